The van der Waals surface area contributed by atoms with Crippen molar-refractivity contribution in [1.29, 1.82) is 0 Å². The predicted octanol–water partition coefficient (Wildman–Crippen LogP) is 1.10. The van der Waals surface area contributed by atoms with Crippen LogP contribution in [-0.2, 0) is 4.79 Å². The molecule has 3 heterocycles. The molecule has 2 N–H and O–H groups in total. The Hall–Kier alpha value is -2.19. The zero-order chi connectivity index (χ0) is 20.1. The first-order chi connectivity index (χ1) is 13.6. The highest BCUT2D eigenvalue weighted by molar-refractivity contribution is 5.92. The second kappa shape index (κ2) is 9.34. The number of carbonyl (C=O) groups is 2. The molecule has 2 aliphatic heterocycles. The predicted molar refractivity (Wildman–Crippen MR) is 102 cm³/mol. The highest BCUT2D eigenvalue weighted by Gasteiger charge is 2.45. The van der Waals surface area contributed by atoms with Gasteiger partial charge in [0.15, 0.2) is 0 Å². The van der Waals surface area contributed by atoms with Gasteiger partial charge in [-0.2, -0.15) is 0 Å². The number of carbonyl (C=O) groups excluding carboxylic acids is 1. The molecule has 3 fully saturated rings. The van der Waals surface area contributed by atoms with Crippen LogP contribution in [0.2, 0.25) is 0 Å². The number of nitrogens with zero attached hydrogens (tertiary/aromatic N) is 3. The summed E-state index contributed by atoms with van der Waals surface area (Å²) in [5, 5.41) is 17.5. The lowest BCUT2D eigenvalue weighted by atomic mass is 9.77. The standard InChI is InChI=1S/C19H27N3O3.CH2O2/c1-25-15-4-5-20-16(10-15)19(24)22-11-13-8-17(21-6-2-3-7-21)18(23)9-14(13)12-22;2-1-3/h4-5,10,13-14,17-18,23H,2-3,6-9,11-12H2,1H3;1H,(H,2,3)/t13-,14+,17-,18-;/m1./s1. The van der Waals surface area contributed by atoms with E-state index in [0.717, 1.165) is 39.0 Å². The molecule has 1 amide bonds. The van der Waals surface area contributed by atoms with Crippen LogP contribution in [0.1, 0.15) is 36.2 Å². The van der Waals surface area contributed by atoms with Gasteiger partial charge in [0, 0.05) is 31.4 Å². The minimum Gasteiger partial charge on any atom is -0.497 e. The van der Waals surface area contributed by atoms with Gasteiger partial charge in [0.1, 0.15) is 11.4 Å². The van der Waals surface area contributed by atoms with Crippen LogP contribution in [0, 0.1) is 11.8 Å². The van der Waals surface area contributed by atoms with Crippen LogP contribution in [-0.4, -0.2) is 82.8 Å². The van der Waals surface area contributed by atoms with Crippen LogP contribution in [0.4, 0.5) is 0 Å². The summed E-state index contributed by atoms with van der Waals surface area (Å²) >= 11 is 0. The smallest absolute Gasteiger partial charge is 0.290 e. The molecule has 2 saturated heterocycles. The van der Waals surface area contributed by atoms with Crippen molar-refractivity contribution in [2.24, 2.45) is 11.8 Å². The maximum atomic E-state index is 12.8. The van der Waals surface area contributed by atoms with Crippen molar-refractivity contribution in [3.63, 3.8) is 0 Å². The molecule has 0 bridgehead atoms. The number of aliphatic hydroxyl groups excluding tert-OH is 1. The van der Waals surface area contributed by atoms with Gasteiger partial charge < -0.3 is 19.8 Å². The van der Waals surface area contributed by atoms with Crippen LogP contribution in [0.3, 0.4) is 0 Å². The SMILES string of the molecule is COc1ccnc(C(=O)N2C[C@H]3C[C@@H](N4CCCC4)[C@H](O)C[C@H]3C2)c1.O=CO. The Bertz CT molecular complexity index is 680. The van der Waals surface area contributed by atoms with Gasteiger partial charge in [0.05, 0.1) is 13.2 Å². The highest BCUT2D eigenvalue weighted by Crippen LogP contribution is 2.39. The molecule has 0 spiro atoms. The molecule has 0 aromatic carbocycles. The molecule has 8 nitrogen and oxygen atoms in total. The van der Waals surface area contributed by atoms with E-state index in [1.54, 1.807) is 25.4 Å². The topological polar surface area (TPSA) is 103 Å². The zero-order valence-corrected chi connectivity index (χ0v) is 16.2. The van der Waals surface area contributed by atoms with Crippen molar-refractivity contribution in [3.05, 3.63) is 24.0 Å². The Balaban J connectivity index is 0.000000706. The fraction of sp³-hybridized carbons (Fsp3) is 0.650. The van der Waals surface area contributed by atoms with E-state index in [2.05, 4.69) is 9.88 Å². The summed E-state index contributed by atoms with van der Waals surface area (Å²) < 4.78 is 5.20. The van der Waals surface area contributed by atoms with E-state index in [9.17, 15) is 9.90 Å². The Kier molecular flexibility index (Phi) is 6.85. The molecule has 8 heteroatoms. The molecule has 0 unspecified atom stereocenters. The Morgan fingerprint density at radius 1 is 1.25 bits per heavy atom. The quantitative estimate of drug-likeness (QED) is 0.744. The van der Waals surface area contributed by atoms with Gasteiger partial charge in [-0.3, -0.25) is 19.5 Å². The highest BCUT2D eigenvalue weighted by atomic mass is 16.5. The summed E-state index contributed by atoms with van der Waals surface area (Å²) in [6.07, 6.45) is 5.64. The largest absolute Gasteiger partial charge is 0.497 e. The second-order valence-corrected chi connectivity index (χ2v) is 7.77. The number of carboxylic acid groups (broad SMARTS) is 1. The number of amides is 1. The summed E-state index contributed by atoms with van der Waals surface area (Å²) in [4.78, 5) is 29.8. The summed E-state index contributed by atoms with van der Waals surface area (Å²) in [6.45, 7) is 3.47. The molecule has 4 rings (SSSR count). The molecule has 1 saturated carbocycles. The summed E-state index contributed by atoms with van der Waals surface area (Å²) in [5.74, 6) is 1.52. The first kappa shape index (κ1) is 20.5. The molecule has 1 aliphatic carbocycles. The van der Waals surface area contributed by atoms with Crippen molar-refractivity contribution >= 4 is 12.4 Å². The fourth-order valence-corrected chi connectivity index (χ4v) is 4.86. The lowest BCUT2D eigenvalue weighted by molar-refractivity contribution is -0.122. The molecule has 1 aromatic heterocycles. The zero-order valence-electron chi connectivity index (χ0n) is 16.2. The number of methoxy groups -OCH3 is 1. The maximum absolute atomic E-state index is 12.8. The lowest BCUT2D eigenvalue weighted by Crippen LogP contribution is -2.48. The molecule has 1 aromatic rings. The van der Waals surface area contributed by atoms with Crippen molar-refractivity contribution in [3.8, 4) is 5.75 Å². The van der Waals surface area contributed by atoms with Gasteiger partial charge in [0.2, 0.25) is 0 Å². The van der Waals surface area contributed by atoms with Crippen molar-refractivity contribution < 1.29 is 24.5 Å². The molecule has 154 valence electrons. The van der Waals surface area contributed by atoms with E-state index in [1.165, 1.54) is 12.8 Å². The van der Waals surface area contributed by atoms with E-state index < -0.39 is 0 Å². The van der Waals surface area contributed by atoms with E-state index in [4.69, 9.17) is 14.6 Å². The van der Waals surface area contributed by atoms with Crippen LogP contribution in [0.15, 0.2) is 18.3 Å². The average Bonchev–Trinajstić information content (AvgIpc) is 3.37. The number of hydrogen-bond acceptors (Lipinski definition) is 6. The normalized spacial score (nSPS) is 29.6. The monoisotopic (exact) mass is 391 g/mol. The number of hydrogen-bond donors (Lipinski definition) is 2. The van der Waals surface area contributed by atoms with Gasteiger partial charge in [-0.1, -0.05) is 0 Å². The number of aromatic nitrogens is 1. The third kappa shape index (κ3) is 4.44. The first-order valence-corrected chi connectivity index (χ1v) is 9.86. The van der Waals surface area contributed by atoms with Crippen molar-refractivity contribution in [2.45, 2.75) is 37.8 Å². The Labute approximate surface area is 165 Å². The van der Waals surface area contributed by atoms with Gasteiger partial charge in [0.25, 0.3) is 12.4 Å². The number of aliphatic hydroxyl groups is 1. The van der Waals surface area contributed by atoms with Gasteiger partial charge in [-0.05, 0) is 56.7 Å². The minimum absolute atomic E-state index is 0.0273. The number of rotatable bonds is 3. The summed E-state index contributed by atoms with van der Waals surface area (Å²) in [7, 11) is 1.59. The summed E-state index contributed by atoms with van der Waals surface area (Å²) in [6, 6.07) is 3.72. The minimum atomic E-state index is -0.260. The first-order valence-electron chi connectivity index (χ1n) is 9.86. The maximum Gasteiger partial charge on any atom is 0.290 e. The molecular formula is C20H29N3O5. The van der Waals surface area contributed by atoms with Gasteiger partial charge in [-0.25, -0.2) is 0 Å². The number of ether oxygens (including phenoxy) is 1. The second-order valence-electron chi connectivity index (χ2n) is 7.77. The van der Waals surface area contributed by atoms with Gasteiger partial charge >= 0.3 is 0 Å². The van der Waals surface area contributed by atoms with Crippen LogP contribution < -0.4 is 4.74 Å². The number of likely N-dealkylation sites (tertiary alicyclic amines) is 2. The van der Waals surface area contributed by atoms with E-state index in [-0.39, 0.29) is 24.5 Å². The van der Waals surface area contributed by atoms with E-state index in [1.807, 2.05) is 4.90 Å². The molecule has 4 atom stereocenters. The van der Waals surface area contributed by atoms with Crippen molar-refractivity contribution in [1.82, 2.24) is 14.8 Å². The van der Waals surface area contributed by atoms with Gasteiger partial charge in [-0.15, -0.1) is 0 Å². The average molecular weight is 391 g/mol. The van der Waals surface area contributed by atoms with Crippen LogP contribution in [0.5, 0.6) is 5.75 Å². The Morgan fingerprint density at radius 2 is 1.89 bits per heavy atom. The molecule has 0 radical (unpaired) electrons. The third-order valence-corrected chi connectivity index (χ3v) is 6.19. The number of fused-ring (bicyclic) bond motifs is 1. The lowest BCUT2D eigenvalue weighted by Gasteiger charge is -2.40. The summed E-state index contributed by atoms with van der Waals surface area (Å²) in [5.41, 5.74) is 0.439. The molecular weight excluding hydrogens is 362 g/mol. The molecule has 28 heavy (non-hydrogen) atoms. The van der Waals surface area contributed by atoms with Crippen LogP contribution in [0.25, 0.3) is 0 Å². The number of pyridine rings is 1. The molecule has 3 aliphatic rings. The van der Waals surface area contributed by atoms with Crippen LogP contribution >= 0.6 is 0 Å². The Morgan fingerprint density at radius 3 is 2.54 bits per heavy atom. The van der Waals surface area contributed by atoms with Crippen molar-refractivity contribution in [2.75, 3.05) is 33.3 Å². The third-order valence-electron chi connectivity index (χ3n) is 6.19. The van der Waals surface area contributed by atoms with E-state index >= 15 is 0 Å². The van der Waals surface area contributed by atoms with E-state index in [0.29, 0.717) is 23.3 Å². The fourth-order valence-electron chi connectivity index (χ4n) is 4.86.